The van der Waals surface area contributed by atoms with Crippen molar-refractivity contribution in [1.82, 2.24) is 8.87 Å². The van der Waals surface area contributed by atoms with E-state index in [9.17, 15) is 13.2 Å². The van der Waals surface area contributed by atoms with Crippen LogP contribution in [0.1, 0.15) is 23.6 Å². The summed E-state index contributed by atoms with van der Waals surface area (Å²) in [4.78, 5) is 12.4. The number of fused-ring (bicyclic) bond motifs is 4. The molecule has 0 unspecified atom stereocenters. The molecule has 2 aliphatic heterocycles. The zero-order valence-corrected chi connectivity index (χ0v) is 15.9. The van der Waals surface area contributed by atoms with Crippen LogP contribution in [-0.2, 0) is 23.0 Å². The topological polar surface area (TPSA) is 59.4 Å². The fourth-order valence-electron chi connectivity index (χ4n) is 4.14. The van der Waals surface area contributed by atoms with Crippen LogP contribution in [0.5, 0.6) is 0 Å². The monoisotopic (exact) mass is 392 g/mol. The predicted molar refractivity (Wildman–Crippen MR) is 101 cm³/mol. The van der Waals surface area contributed by atoms with Crippen LogP contribution < -0.4 is 5.56 Å². The normalized spacial score (nSPS) is 22.8. The van der Waals surface area contributed by atoms with Gasteiger partial charge in [0, 0.05) is 43.2 Å². The minimum atomic E-state index is -3.54. The third-order valence-electron chi connectivity index (χ3n) is 5.39. The minimum absolute atomic E-state index is 0.00314. The Bertz CT molecular complexity index is 969. The van der Waals surface area contributed by atoms with E-state index in [0.717, 1.165) is 24.1 Å². The molecule has 0 aliphatic carbocycles. The van der Waals surface area contributed by atoms with Crippen molar-refractivity contribution in [2.75, 3.05) is 19.0 Å². The highest BCUT2D eigenvalue weighted by Crippen LogP contribution is 2.37. The van der Waals surface area contributed by atoms with Gasteiger partial charge in [0.05, 0.1) is 4.90 Å². The smallest absolute Gasteiger partial charge is 0.250 e. The first-order chi connectivity index (χ1) is 12.5. The Labute approximate surface area is 158 Å². The van der Waals surface area contributed by atoms with Gasteiger partial charge in [-0.05, 0) is 42.5 Å². The maximum Gasteiger partial charge on any atom is 0.250 e. The van der Waals surface area contributed by atoms with Crippen LogP contribution in [0.15, 0.2) is 52.2 Å². The second-order valence-electron chi connectivity index (χ2n) is 7.10. The van der Waals surface area contributed by atoms with E-state index in [0.29, 0.717) is 30.4 Å². The van der Waals surface area contributed by atoms with Crippen LogP contribution in [0.3, 0.4) is 0 Å². The number of nitrogens with zero attached hydrogens (tertiary/aromatic N) is 2. The van der Waals surface area contributed by atoms with Gasteiger partial charge in [0.1, 0.15) is 0 Å². The molecule has 26 heavy (non-hydrogen) atoms. The summed E-state index contributed by atoms with van der Waals surface area (Å²) in [7, 11) is -3.54. The Hall–Kier alpha value is -1.63. The van der Waals surface area contributed by atoms with E-state index >= 15 is 0 Å². The van der Waals surface area contributed by atoms with E-state index in [1.807, 2.05) is 22.8 Å². The van der Waals surface area contributed by atoms with Gasteiger partial charge in [-0.25, -0.2) is 8.42 Å². The average Bonchev–Trinajstić information content (AvgIpc) is 2.63. The van der Waals surface area contributed by atoms with E-state index in [-0.39, 0.29) is 17.4 Å². The summed E-state index contributed by atoms with van der Waals surface area (Å²) in [5.74, 6) is 0.758. The van der Waals surface area contributed by atoms with Crippen molar-refractivity contribution in [3.8, 4) is 0 Å². The van der Waals surface area contributed by atoms with Crippen LogP contribution in [0, 0.1) is 5.92 Å². The number of rotatable bonds is 4. The van der Waals surface area contributed by atoms with E-state index in [2.05, 4.69) is 0 Å². The molecular weight excluding hydrogens is 372 g/mol. The average molecular weight is 393 g/mol. The van der Waals surface area contributed by atoms with Crippen molar-refractivity contribution < 1.29 is 8.42 Å². The number of benzene rings is 1. The third-order valence-corrected chi connectivity index (χ3v) is 7.43. The molecule has 0 radical (unpaired) electrons. The molecule has 0 saturated carbocycles. The summed E-state index contributed by atoms with van der Waals surface area (Å²) < 4.78 is 29.6. The minimum Gasteiger partial charge on any atom is -0.312 e. The Morgan fingerprint density at radius 2 is 1.81 bits per heavy atom. The lowest BCUT2D eigenvalue weighted by Gasteiger charge is -2.42. The van der Waals surface area contributed by atoms with Gasteiger partial charge in [-0.15, -0.1) is 11.6 Å². The maximum absolute atomic E-state index is 13.1. The van der Waals surface area contributed by atoms with Gasteiger partial charge in [0.2, 0.25) is 10.0 Å². The molecule has 2 bridgehead atoms. The number of pyridine rings is 1. The largest absolute Gasteiger partial charge is 0.312 e. The predicted octanol–water partition coefficient (Wildman–Crippen LogP) is 2.44. The zero-order valence-electron chi connectivity index (χ0n) is 14.3. The molecule has 2 aliphatic rings. The second kappa shape index (κ2) is 6.83. The van der Waals surface area contributed by atoms with Gasteiger partial charge in [0.25, 0.3) is 5.56 Å². The van der Waals surface area contributed by atoms with Crippen LogP contribution in [-0.4, -0.2) is 36.3 Å². The first-order valence-electron chi connectivity index (χ1n) is 8.84. The van der Waals surface area contributed by atoms with Gasteiger partial charge in [0.15, 0.2) is 0 Å². The molecular formula is C19H21ClN2O3S. The van der Waals surface area contributed by atoms with E-state index in [1.54, 1.807) is 28.6 Å². The Kier molecular flexibility index (Phi) is 4.67. The summed E-state index contributed by atoms with van der Waals surface area (Å²) >= 11 is 5.74. The molecule has 3 heterocycles. The highest BCUT2D eigenvalue weighted by atomic mass is 35.5. The van der Waals surface area contributed by atoms with Crippen molar-refractivity contribution in [2.24, 2.45) is 5.92 Å². The van der Waals surface area contributed by atoms with Crippen molar-refractivity contribution in [3.05, 3.63) is 64.1 Å². The van der Waals surface area contributed by atoms with Crippen molar-refractivity contribution in [2.45, 2.75) is 30.2 Å². The zero-order chi connectivity index (χ0) is 18.3. The summed E-state index contributed by atoms with van der Waals surface area (Å²) in [6, 6.07) is 12.3. The molecule has 2 atom stereocenters. The number of alkyl halides is 1. The van der Waals surface area contributed by atoms with E-state index < -0.39 is 10.0 Å². The molecule has 2 aromatic rings. The highest BCUT2D eigenvalue weighted by Gasteiger charge is 2.39. The Morgan fingerprint density at radius 3 is 2.54 bits per heavy atom. The quantitative estimate of drug-likeness (QED) is 0.751. The number of piperidine rings is 1. The molecule has 0 spiro atoms. The standard InChI is InChI=1S/C19H21ClN2O3S/c20-9-8-14-4-6-17(7-5-14)26(24,25)21-11-15-10-16(13-21)18-2-1-3-19(23)22(18)12-15/h1-7,15-16H,8-13H2/t15-,16+/m1/s1. The molecule has 1 saturated heterocycles. The fraction of sp³-hybridized carbons (Fsp3) is 0.421. The molecule has 138 valence electrons. The number of sulfonamides is 1. The maximum atomic E-state index is 13.1. The van der Waals surface area contributed by atoms with Crippen molar-refractivity contribution in [1.29, 1.82) is 0 Å². The van der Waals surface area contributed by atoms with Gasteiger partial charge >= 0.3 is 0 Å². The van der Waals surface area contributed by atoms with Gasteiger partial charge in [-0.1, -0.05) is 18.2 Å². The number of aromatic nitrogens is 1. The van der Waals surface area contributed by atoms with Crippen LogP contribution >= 0.6 is 11.6 Å². The van der Waals surface area contributed by atoms with Crippen LogP contribution in [0.2, 0.25) is 0 Å². The highest BCUT2D eigenvalue weighted by molar-refractivity contribution is 7.89. The Morgan fingerprint density at radius 1 is 1.04 bits per heavy atom. The van der Waals surface area contributed by atoms with Gasteiger partial charge in [-0.2, -0.15) is 4.31 Å². The van der Waals surface area contributed by atoms with Crippen molar-refractivity contribution >= 4 is 21.6 Å². The molecule has 1 aromatic carbocycles. The number of aryl methyl sites for hydroxylation is 1. The second-order valence-corrected chi connectivity index (χ2v) is 9.42. The van der Waals surface area contributed by atoms with Crippen molar-refractivity contribution in [3.63, 3.8) is 0 Å². The van der Waals surface area contributed by atoms with E-state index in [1.165, 1.54) is 0 Å². The first kappa shape index (κ1) is 17.8. The summed E-state index contributed by atoms with van der Waals surface area (Å²) in [5, 5.41) is 0. The molecule has 0 amide bonds. The number of hydrogen-bond acceptors (Lipinski definition) is 3. The van der Waals surface area contributed by atoms with E-state index in [4.69, 9.17) is 11.6 Å². The summed E-state index contributed by atoms with van der Waals surface area (Å²) in [5.41, 5.74) is 1.98. The first-order valence-corrected chi connectivity index (χ1v) is 10.8. The molecule has 0 N–H and O–H groups in total. The lowest BCUT2D eigenvalue weighted by Crippen LogP contribution is -2.48. The number of hydrogen-bond donors (Lipinski definition) is 0. The number of halogens is 1. The molecule has 1 aromatic heterocycles. The molecule has 4 rings (SSSR count). The lowest BCUT2D eigenvalue weighted by atomic mass is 9.84. The lowest BCUT2D eigenvalue weighted by molar-refractivity contribution is 0.186. The van der Waals surface area contributed by atoms with Gasteiger partial charge in [-0.3, -0.25) is 4.79 Å². The fourth-order valence-corrected chi connectivity index (χ4v) is 5.91. The van der Waals surface area contributed by atoms with Crippen LogP contribution in [0.4, 0.5) is 0 Å². The third kappa shape index (κ3) is 3.10. The summed E-state index contributed by atoms with van der Waals surface area (Å²) in [6.07, 6.45) is 1.66. The Balaban J connectivity index is 1.62. The van der Waals surface area contributed by atoms with Crippen LogP contribution in [0.25, 0.3) is 0 Å². The molecule has 1 fully saturated rings. The molecule has 7 heteroatoms. The SMILES string of the molecule is O=c1cccc2n1C[C@@H]1C[C@H]2CN(S(=O)(=O)c2ccc(CCCl)cc2)C1. The molecule has 5 nitrogen and oxygen atoms in total. The summed E-state index contributed by atoms with van der Waals surface area (Å²) in [6.45, 7) is 1.47. The van der Waals surface area contributed by atoms with Gasteiger partial charge < -0.3 is 4.57 Å².